The zero-order valence-corrected chi connectivity index (χ0v) is 13.4. The molecule has 4 rings (SSSR count). The fourth-order valence-corrected chi connectivity index (χ4v) is 3.94. The van der Waals surface area contributed by atoms with E-state index in [2.05, 4.69) is 38.1 Å². The Morgan fingerprint density at radius 1 is 1.38 bits per heavy atom. The molecule has 1 saturated heterocycles. The number of halogens is 1. The van der Waals surface area contributed by atoms with Crippen molar-refractivity contribution in [3.05, 3.63) is 40.5 Å². The van der Waals surface area contributed by atoms with Crippen molar-refractivity contribution in [3.63, 3.8) is 0 Å². The number of aryl methyl sites for hydroxylation is 1. The Balaban J connectivity index is 1.81. The molecule has 2 aliphatic rings. The van der Waals surface area contributed by atoms with E-state index in [1.807, 2.05) is 25.2 Å². The number of nitrogens with zero attached hydrogens (tertiary/aromatic N) is 3. The molecule has 3 heterocycles. The molecule has 2 bridgehead atoms. The van der Waals surface area contributed by atoms with Gasteiger partial charge in [-0.1, -0.05) is 28.1 Å². The number of carbonyl (C=O) groups excluding carboxylic acids is 1. The summed E-state index contributed by atoms with van der Waals surface area (Å²) in [5.41, 5.74) is 1.56. The molecule has 4 nitrogen and oxygen atoms in total. The molecule has 2 aromatic rings. The quantitative estimate of drug-likeness (QED) is 0.744. The number of aromatic nitrogens is 2. The minimum atomic E-state index is 0.110. The molecule has 1 amide bonds. The summed E-state index contributed by atoms with van der Waals surface area (Å²) in [6, 6.07) is 6.51. The van der Waals surface area contributed by atoms with Gasteiger partial charge in [0.2, 0.25) is 0 Å². The van der Waals surface area contributed by atoms with E-state index < -0.39 is 0 Å². The van der Waals surface area contributed by atoms with Gasteiger partial charge in [0, 0.05) is 22.9 Å². The first-order valence-electron chi connectivity index (χ1n) is 7.27. The summed E-state index contributed by atoms with van der Waals surface area (Å²) < 4.78 is 2.70. The Hall–Kier alpha value is -1.62. The van der Waals surface area contributed by atoms with Gasteiger partial charge in [-0.05, 0) is 37.5 Å². The van der Waals surface area contributed by atoms with Gasteiger partial charge in [0.05, 0.1) is 11.6 Å². The first kappa shape index (κ1) is 13.1. The Morgan fingerprint density at radius 2 is 2.24 bits per heavy atom. The van der Waals surface area contributed by atoms with Crippen molar-refractivity contribution in [1.82, 2.24) is 14.7 Å². The maximum absolute atomic E-state index is 13.1. The van der Waals surface area contributed by atoms with Gasteiger partial charge in [0.25, 0.3) is 5.91 Å². The number of hydrogen-bond donors (Lipinski definition) is 0. The van der Waals surface area contributed by atoms with Crippen LogP contribution in [-0.2, 0) is 7.05 Å². The smallest absolute Gasteiger partial charge is 0.273 e. The second-order valence-electron chi connectivity index (χ2n) is 5.81. The van der Waals surface area contributed by atoms with Crippen LogP contribution in [0.2, 0.25) is 0 Å². The van der Waals surface area contributed by atoms with Crippen LogP contribution >= 0.6 is 15.9 Å². The first-order valence-corrected chi connectivity index (χ1v) is 8.06. The number of fused-ring (bicyclic) bond motifs is 3. The summed E-state index contributed by atoms with van der Waals surface area (Å²) in [4.78, 5) is 15.1. The van der Waals surface area contributed by atoms with Crippen LogP contribution in [0.4, 0.5) is 0 Å². The Bertz CT molecular complexity index is 764. The molecule has 2 atom stereocenters. The van der Waals surface area contributed by atoms with Crippen molar-refractivity contribution in [3.8, 4) is 0 Å². The average Bonchev–Trinajstić information content (AvgIpc) is 2.90. The van der Waals surface area contributed by atoms with E-state index in [1.54, 1.807) is 4.68 Å². The third-order valence-electron chi connectivity index (χ3n) is 4.55. The number of amides is 1. The maximum Gasteiger partial charge on any atom is 0.273 e. The lowest BCUT2D eigenvalue weighted by atomic mass is 10.1. The van der Waals surface area contributed by atoms with Gasteiger partial charge in [-0.15, -0.1) is 0 Å². The third-order valence-corrected chi connectivity index (χ3v) is 5.04. The third kappa shape index (κ3) is 1.94. The molecule has 5 heteroatoms. The number of hydrogen-bond acceptors (Lipinski definition) is 2. The lowest BCUT2D eigenvalue weighted by Crippen LogP contribution is -2.42. The predicted molar refractivity (Wildman–Crippen MR) is 85.2 cm³/mol. The van der Waals surface area contributed by atoms with Crippen molar-refractivity contribution in [2.24, 2.45) is 7.05 Å². The topological polar surface area (TPSA) is 38.1 Å². The fourth-order valence-electron chi connectivity index (χ4n) is 3.59. The van der Waals surface area contributed by atoms with E-state index in [4.69, 9.17) is 0 Å². The summed E-state index contributed by atoms with van der Waals surface area (Å²) in [5, 5.41) is 5.41. The van der Waals surface area contributed by atoms with Crippen LogP contribution in [0.15, 0.2) is 34.8 Å². The molecule has 2 unspecified atom stereocenters. The largest absolute Gasteiger partial charge is 0.328 e. The zero-order valence-electron chi connectivity index (χ0n) is 11.8. The molecule has 0 N–H and O–H groups in total. The Labute approximate surface area is 131 Å². The molecule has 1 aromatic heterocycles. The van der Waals surface area contributed by atoms with Gasteiger partial charge < -0.3 is 4.90 Å². The van der Waals surface area contributed by atoms with Gasteiger partial charge in [0.15, 0.2) is 0 Å². The molecule has 2 aliphatic heterocycles. The SMILES string of the molecule is Cn1nc2cc(Br)ccc2c1C(=O)N1C2C=CCC1CC2. The van der Waals surface area contributed by atoms with Gasteiger partial charge >= 0.3 is 0 Å². The normalized spacial score (nSPS) is 24.0. The monoisotopic (exact) mass is 345 g/mol. The van der Waals surface area contributed by atoms with Gasteiger partial charge in [-0.3, -0.25) is 9.48 Å². The van der Waals surface area contributed by atoms with Crippen LogP contribution in [0.3, 0.4) is 0 Å². The highest BCUT2D eigenvalue weighted by molar-refractivity contribution is 9.10. The minimum absolute atomic E-state index is 0.110. The highest BCUT2D eigenvalue weighted by Gasteiger charge is 2.38. The predicted octanol–water partition coefficient (Wildman–Crippen LogP) is 3.27. The van der Waals surface area contributed by atoms with Gasteiger partial charge in [-0.2, -0.15) is 5.10 Å². The van der Waals surface area contributed by atoms with E-state index >= 15 is 0 Å². The molecule has 0 aliphatic carbocycles. The highest BCUT2D eigenvalue weighted by atomic mass is 79.9. The average molecular weight is 346 g/mol. The van der Waals surface area contributed by atoms with Crippen LogP contribution in [-0.4, -0.2) is 32.7 Å². The zero-order chi connectivity index (χ0) is 14.6. The van der Waals surface area contributed by atoms with Crippen molar-refractivity contribution >= 4 is 32.7 Å². The molecule has 0 saturated carbocycles. The van der Waals surface area contributed by atoms with E-state index in [9.17, 15) is 4.79 Å². The van der Waals surface area contributed by atoms with Crippen LogP contribution < -0.4 is 0 Å². The molecular formula is C16H16BrN3O. The highest BCUT2D eigenvalue weighted by Crippen LogP contribution is 2.34. The van der Waals surface area contributed by atoms with E-state index in [-0.39, 0.29) is 11.9 Å². The molecule has 0 spiro atoms. The van der Waals surface area contributed by atoms with Gasteiger partial charge in [-0.25, -0.2) is 0 Å². The van der Waals surface area contributed by atoms with E-state index in [1.165, 1.54) is 0 Å². The van der Waals surface area contributed by atoms with Crippen molar-refractivity contribution in [2.75, 3.05) is 0 Å². The van der Waals surface area contributed by atoms with E-state index in [0.717, 1.165) is 34.6 Å². The summed E-state index contributed by atoms with van der Waals surface area (Å²) in [7, 11) is 1.85. The van der Waals surface area contributed by atoms with Crippen molar-refractivity contribution in [1.29, 1.82) is 0 Å². The Morgan fingerprint density at radius 3 is 3.05 bits per heavy atom. The summed E-state index contributed by atoms with van der Waals surface area (Å²) in [5.74, 6) is 0.110. The van der Waals surface area contributed by atoms with Crippen LogP contribution in [0.5, 0.6) is 0 Å². The molecule has 1 aromatic carbocycles. The van der Waals surface area contributed by atoms with Gasteiger partial charge in [0.1, 0.15) is 5.69 Å². The lowest BCUT2D eigenvalue weighted by molar-refractivity contribution is 0.0679. The Kier molecular flexibility index (Phi) is 2.92. The van der Waals surface area contributed by atoms with E-state index in [0.29, 0.717) is 11.7 Å². The minimum Gasteiger partial charge on any atom is -0.328 e. The molecule has 21 heavy (non-hydrogen) atoms. The number of carbonyl (C=O) groups is 1. The maximum atomic E-state index is 13.1. The molecule has 0 radical (unpaired) electrons. The summed E-state index contributed by atoms with van der Waals surface area (Å²) in [6.45, 7) is 0. The second-order valence-corrected chi connectivity index (χ2v) is 6.72. The number of benzene rings is 1. The molecule has 108 valence electrons. The van der Waals surface area contributed by atoms with Crippen molar-refractivity contribution < 1.29 is 4.79 Å². The number of rotatable bonds is 1. The molecular weight excluding hydrogens is 330 g/mol. The van der Waals surface area contributed by atoms with Crippen LogP contribution in [0, 0.1) is 0 Å². The van der Waals surface area contributed by atoms with Crippen LogP contribution in [0.1, 0.15) is 29.8 Å². The summed E-state index contributed by atoms with van der Waals surface area (Å²) >= 11 is 3.46. The standard InChI is InChI=1S/C16H16BrN3O/c1-19-15(13-8-5-10(17)9-14(13)18-19)16(21)20-11-3-2-4-12(20)7-6-11/h2-3,5,8-9,11-12H,4,6-7H2,1H3. The van der Waals surface area contributed by atoms with Crippen LogP contribution in [0.25, 0.3) is 10.9 Å². The lowest BCUT2D eigenvalue weighted by Gasteiger charge is -2.31. The molecule has 1 fully saturated rings. The van der Waals surface area contributed by atoms with Crippen molar-refractivity contribution in [2.45, 2.75) is 31.3 Å². The summed E-state index contributed by atoms with van der Waals surface area (Å²) in [6.07, 6.45) is 7.55. The second kappa shape index (κ2) is 4.70. The first-order chi connectivity index (χ1) is 10.1. The fraction of sp³-hybridized carbons (Fsp3) is 0.375.